The van der Waals surface area contributed by atoms with E-state index in [0.29, 0.717) is 6.04 Å². The first-order valence-electron chi connectivity index (χ1n) is 8.76. The average molecular weight is 316 g/mol. The first-order chi connectivity index (χ1) is 11.9. The molecule has 24 heavy (non-hydrogen) atoms. The predicted octanol–water partition coefficient (Wildman–Crippen LogP) is 3.84. The van der Waals surface area contributed by atoms with Crippen LogP contribution in [0.5, 0.6) is 0 Å². The van der Waals surface area contributed by atoms with Gasteiger partial charge >= 0.3 is 0 Å². The number of aryl methyl sites for hydroxylation is 1. The third-order valence-corrected chi connectivity index (χ3v) is 5.29. The van der Waals surface area contributed by atoms with Crippen LogP contribution >= 0.6 is 0 Å². The number of fused-ring (bicyclic) bond motifs is 2. The lowest BCUT2D eigenvalue weighted by Crippen LogP contribution is -2.17. The minimum atomic E-state index is 0.306. The van der Waals surface area contributed by atoms with E-state index in [1.807, 2.05) is 0 Å². The van der Waals surface area contributed by atoms with Crippen molar-refractivity contribution in [3.05, 3.63) is 65.4 Å². The summed E-state index contributed by atoms with van der Waals surface area (Å²) in [7, 11) is 0. The SMILES string of the molecule is c1ccc2c(c1)CCCC2n1cc(-c2cccc3c2NCC3)nn1. The summed E-state index contributed by atoms with van der Waals surface area (Å²) in [6, 6.07) is 15.5. The van der Waals surface area contributed by atoms with Crippen LogP contribution in [0.4, 0.5) is 5.69 Å². The Balaban J connectivity index is 1.54. The Hall–Kier alpha value is -2.62. The molecule has 0 radical (unpaired) electrons. The van der Waals surface area contributed by atoms with E-state index in [9.17, 15) is 0 Å². The third-order valence-electron chi connectivity index (χ3n) is 5.29. The highest BCUT2D eigenvalue weighted by Gasteiger charge is 2.23. The minimum Gasteiger partial charge on any atom is -0.384 e. The summed E-state index contributed by atoms with van der Waals surface area (Å²) >= 11 is 0. The van der Waals surface area contributed by atoms with E-state index in [-0.39, 0.29) is 0 Å². The summed E-state index contributed by atoms with van der Waals surface area (Å²) in [6.45, 7) is 1.01. The Morgan fingerprint density at radius 3 is 2.92 bits per heavy atom. The second-order valence-corrected chi connectivity index (χ2v) is 6.71. The fraction of sp³-hybridized carbons (Fsp3) is 0.300. The third kappa shape index (κ3) is 2.13. The second kappa shape index (κ2) is 5.48. The molecular formula is C20H20N4. The van der Waals surface area contributed by atoms with Crippen LogP contribution in [0.15, 0.2) is 48.7 Å². The Morgan fingerprint density at radius 1 is 1.00 bits per heavy atom. The Bertz CT molecular complexity index is 896. The van der Waals surface area contributed by atoms with Crippen LogP contribution in [-0.2, 0) is 12.8 Å². The van der Waals surface area contributed by atoms with Gasteiger partial charge in [-0.25, -0.2) is 4.68 Å². The molecular weight excluding hydrogens is 296 g/mol. The lowest BCUT2D eigenvalue weighted by molar-refractivity contribution is 0.440. The van der Waals surface area contributed by atoms with Gasteiger partial charge in [-0.2, -0.15) is 0 Å². The number of anilines is 1. The summed E-state index contributed by atoms with van der Waals surface area (Å²) < 4.78 is 2.06. The zero-order chi connectivity index (χ0) is 15.9. The minimum absolute atomic E-state index is 0.306. The van der Waals surface area contributed by atoms with Gasteiger partial charge in [0.15, 0.2) is 0 Å². The van der Waals surface area contributed by atoms with Crippen molar-refractivity contribution in [1.82, 2.24) is 15.0 Å². The van der Waals surface area contributed by atoms with Crippen molar-refractivity contribution in [1.29, 1.82) is 0 Å². The van der Waals surface area contributed by atoms with Crippen LogP contribution in [0.2, 0.25) is 0 Å². The van der Waals surface area contributed by atoms with Gasteiger partial charge in [-0.3, -0.25) is 0 Å². The monoisotopic (exact) mass is 316 g/mol. The molecule has 1 atom stereocenters. The fourth-order valence-corrected chi connectivity index (χ4v) is 4.11. The van der Waals surface area contributed by atoms with Crippen molar-refractivity contribution in [2.24, 2.45) is 0 Å². The molecule has 0 fully saturated rings. The van der Waals surface area contributed by atoms with Gasteiger partial charge in [0.2, 0.25) is 0 Å². The Labute approximate surface area is 141 Å². The summed E-state index contributed by atoms with van der Waals surface area (Å²) in [5.41, 5.74) is 7.59. The van der Waals surface area contributed by atoms with Crippen LogP contribution in [0.3, 0.4) is 0 Å². The van der Waals surface area contributed by atoms with Gasteiger partial charge < -0.3 is 5.32 Å². The zero-order valence-electron chi connectivity index (χ0n) is 13.6. The van der Waals surface area contributed by atoms with Crippen LogP contribution in [0, 0.1) is 0 Å². The predicted molar refractivity (Wildman–Crippen MR) is 95.2 cm³/mol. The molecule has 0 spiro atoms. The molecule has 0 amide bonds. The van der Waals surface area contributed by atoms with Gasteiger partial charge in [0, 0.05) is 17.8 Å². The number of hydrogen-bond acceptors (Lipinski definition) is 3. The quantitative estimate of drug-likeness (QED) is 0.781. The zero-order valence-corrected chi connectivity index (χ0v) is 13.6. The van der Waals surface area contributed by atoms with Gasteiger partial charge in [-0.15, -0.1) is 5.10 Å². The van der Waals surface area contributed by atoms with Crippen molar-refractivity contribution in [2.75, 3.05) is 11.9 Å². The first kappa shape index (κ1) is 13.8. The highest BCUT2D eigenvalue weighted by atomic mass is 15.4. The Kier molecular flexibility index (Phi) is 3.15. The molecule has 1 unspecified atom stereocenters. The van der Waals surface area contributed by atoms with Crippen LogP contribution < -0.4 is 5.32 Å². The summed E-state index contributed by atoms with van der Waals surface area (Å²) in [4.78, 5) is 0. The lowest BCUT2D eigenvalue weighted by Gasteiger charge is -2.25. The second-order valence-electron chi connectivity index (χ2n) is 6.71. The highest BCUT2D eigenvalue weighted by molar-refractivity contribution is 5.79. The maximum Gasteiger partial charge on any atom is 0.115 e. The van der Waals surface area contributed by atoms with Gasteiger partial charge in [-0.1, -0.05) is 47.7 Å². The van der Waals surface area contributed by atoms with Gasteiger partial charge in [0.25, 0.3) is 0 Å². The molecule has 4 heteroatoms. The molecule has 1 aliphatic heterocycles. The van der Waals surface area contributed by atoms with E-state index >= 15 is 0 Å². The standard InChI is InChI=1S/C20H20N4/c1-2-8-16-14(5-1)6-4-10-19(16)24-13-18(22-23-24)17-9-3-7-15-11-12-21-20(15)17/h1-3,5,7-9,13,19,21H,4,6,10-12H2. The molecule has 2 aromatic carbocycles. The van der Waals surface area contributed by atoms with Crippen LogP contribution in [0.25, 0.3) is 11.3 Å². The van der Waals surface area contributed by atoms with E-state index in [2.05, 4.69) is 69.0 Å². The molecule has 2 aliphatic rings. The van der Waals surface area contributed by atoms with Gasteiger partial charge in [0.05, 0.1) is 12.2 Å². The van der Waals surface area contributed by atoms with Crippen LogP contribution in [-0.4, -0.2) is 21.5 Å². The van der Waals surface area contributed by atoms with Gasteiger partial charge in [0.1, 0.15) is 5.69 Å². The number of para-hydroxylation sites is 1. The smallest absolute Gasteiger partial charge is 0.115 e. The fourth-order valence-electron chi connectivity index (χ4n) is 4.11. The maximum atomic E-state index is 4.49. The van der Waals surface area contributed by atoms with Crippen LogP contribution in [0.1, 0.15) is 35.6 Å². The molecule has 1 N–H and O–H groups in total. The first-order valence-corrected chi connectivity index (χ1v) is 8.76. The van der Waals surface area contributed by atoms with E-state index < -0.39 is 0 Å². The molecule has 4 nitrogen and oxygen atoms in total. The molecule has 120 valence electrons. The molecule has 2 heterocycles. The van der Waals surface area contributed by atoms with E-state index in [4.69, 9.17) is 0 Å². The molecule has 5 rings (SSSR count). The largest absolute Gasteiger partial charge is 0.384 e. The number of hydrogen-bond donors (Lipinski definition) is 1. The van der Waals surface area contributed by atoms with E-state index in [1.165, 1.54) is 40.8 Å². The average Bonchev–Trinajstić information content (AvgIpc) is 3.30. The summed E-state index contributed by atoms with van der Waals surface area (Å²) in [5.74, 6) is 0. The van der Waals surface area contributed by atoms with Gasteiger partial charge in [-0.05, 0) is 42.4 Å². The number of benzene rings is 2. The number of aromatic nitrogens is 3. The molecule has 0 saturated carbocycles. The molecule has 0 saturated heterocycles. The molecule has 0 bridgehead atoms. The van der Waals surface area contributed by atoms with Crippen molar-refractivity contribution in [3.63, 3.8) is 0 Å². The topological polar surface area (TPSA) is 42.7 Å². The highest BCUT2D eigenvalue weighted by Crippen LogP contribution is 2.36. The van der Waals surface area contributed by atoms with Crippen molar-refractivity contribution < 1.29 is 0 Å². The normalized spacial score (nSPS) is 18.8. The van der Waals surface area contributed by atoms with Crippen molar-refractivity contribution >= 4 is 5.69 Å². The number of nitrogens with zero attached hydrogens (tertiary/aromatic N) is 3. The number of rotatable bonds is 2. The maximum absolute atomic E-state index is 4.49. The molecule has 1 aromatic heterocycles. The van der Waals surface area contributed by atoms with E-state index in [1.54, 1.807) is 0 Å². The van der Waals surface area contributed by atoms with Crippen molar-refractivity contribution in [2.45, 2.75) is 31.7 Å². The summed E-state index contributed by atoms with van der Waals surface area (Å²) in [5, 5.41) is 12.5. The molecule has 3 aromatic rings. The Morgan fingerprint density at radius 2 is 1.92 bits per heavy atom. The van der Waals surface area contributed by atoms with Crippen molar-refractivity contribution in [3.8, 4) is 11.3 Å². The number of nitrogens with one attached hydrogen (secondary N) is 1. The molecule has 1 aliphatic carbocycles. The van der Waals surface area contributed by atoms with E-state index in [0.717, 1.165) is 25.1 Å². The summed E-state index contributed by atoms with van der Waals surface area (Å²) in [6.07, 6.45) is 6.71. The lowest BCUT2D eigenvalue weighted by atomic mass is 9.88.